The van der Waals surface area contributed by atoms with E-state index < -0.39 is 75.2 Å². The van der Waals surface area contributed by atoms with E-state index >= 15 is 0 Å². The van der Waals surface area contributed by atoms with Gasteiger partial charge in [-0.15, -0.1) is 0 Å². The van der Waals surface area contributed by atoms with Crippen LogP contribution in [0.5, 0.6) is 11.5 Å². The molecule has 50 heavy (non-hydrogen) atoms. The van der Waals surface area contributed by atoms with Crippen molar-refractivity contribution >= 4 is 45.8 Å². The number of nitro groups is 6. The van der Waals surface area contributed by atoms with Crippen molar-refractivity contribution in [3.8, 4) is 11.5 Å². The first kappa shape index (κ1) is 48.6. The van der Waals surface area contributed by atoms with E-state index in [0.717, 1.165) is 13.1 Å². The summed E-state index contributed by atoms with van der Waals surface area (Å²) in [6.07, 6.45) is 1.34. The minimum absolute atomic E-state index is 0. The van der Waals surface area contributed by atoms with E-state index in [9.17, 15) is 70.9 Å². The van der Waals surface area contributed by atoms with Crippen molar-refractivity contribution in [1.82, 2.24) is 15.1 Å². The summed E-state index contributed by atoms with van der Waals surface area (Å²) in [7, 11) is 8.35. The second kappa shape index (κ2) is 23.5. The summed E-state index contributed by atoms with van der Waals surface area (Å²) in [6, 6.07) is 1.54. The molecule has 0 amide bonds. The van der Waals surface area contributed by atoms with E-state index in [0.29, 0.717) is 48.8 Å². The molecular weight excluding hydrogens is 861 g/mol. The van der Waals surface area contributed by atoms with Crippen LogP contribution in [0.2, 0.25) is 0 Å². The third-order valence-electron chi connectivity index (χ3n) is 5.28. The molecule has 26 heteroatoms. The molecule has 0 aliphatic carbocycles. The van der Waals surface area contributed by atoms with E-state index in [4.69, 9.17) is 10.8 Å². The fraction of sp³-hybridized carbons (Fsp3) is 0.417. The Morgan fingerprint density at radius 1 is 0.560 bits per heavy atom. The molecule has 2 aromatic carbocycles. The summed E-state index contributed by atoms with van der Waals surface area (Å²) in [4.78, 5) is 59.4. The van der Waals surface area contributed by atoms with Crippen LogP contribution in [0.4, 0.5) is 34.1 Å². The molecule has 0 saturated heterocycles. The molecule has 0 saturated carbocycles. The van der Waals surface area contributed by atoms with Gasteiger partial charge in [-0.1, -0.05) is 13.8 Å². The summed E-state index contributed by atoms with van der Waals surface area (Å²) in [6.45, 7) is 6.07. The number of nitro benzene ring substituents is 6. The smallest absolute Gasteiger partial charge is 0.863 e. The van der Waals surface area contributed by atoms with Gasteiger partial charge < -0.3 is 25.3 Å². The van der Waals surface area contributed by atoms with Crippen molar-refractivity contribution in [3.05, 3.63) is 85.0 Å². The number of hydrogen-bond acceptors (Lipinski definition) is 18. The van der Waals surface area contributed by atoms with Gasteiger partial charge in [0.1, 0.15) is 0 Å². The maximum Gasteiger partial charge on any atom is 4.00 e. The molecule has 0 heterocycles. The van der Waals surface area contributed by atoms with Crippen molar-refractivity contribution in [3.63, 3.8) is 0 Å². The third-order valence-corrected chi connectivity index (χ3v) is 5.28. The number of non-ortho nitro benzene ring substituents is 2. The van der Waals surface area contributed by atoms with Gasteiger partial charge in [-0.2, -0.15) is 0 Å². The number of likely N-dealkylation sites (N-methyl/N-ethyl adjacent to an activating group) is 2. The summed E-state index contributed by atoms with van der Waals surface area (Å²) < 4.78 is 0. The van der Waals surface area contributed by atoms with Gasteiger partial charge in [-0.05, 0) is 28.2 Å². The summed E-state index contributed by atoms with van der Waals surface area (Å²) >= 11 is 0. The van der Waals surface area contributed by atoms with Crippen LogP contribution in [0.1, 0.15) is 26.7 Å². The molecule has 0 aliphatic rings. The van der Waals surface area contributed by atoms with E-state index in [1.165, 1.54) is 0 Å². The Morgan fingerprint density at radius 2 is 0.780 bits per heavy atom. The Kier molecular flexibility index (Phi) is 22.8. The van der Waals surface area contributed by atoms with Crippen LogP contribution in [-0.4, -0.2) is 92.3 Å². The molecule has 0 radical (unpaired) electrons. The predicted octanol–water partition coefficient (Wildman–Crippen LogP) is 2.43. The molecule has 2 aromatic rings. The fourth-order valence-corrected chi connectivity index (χ4v) is 2.68. The van der Waals surface area contributed by atoms with Crippen molar-refractivity contribution in [1.29, 1.82) is 10.8 Å². The molecule has 25 nitrogen and oxygen atoms in total. The number of nitrogens with zero attached hydrogens (tertiary/aromatic N) is 8. The topological polar surface area (TPSA) is 371 Å². The van der Waals surface area contributed by atoms with Crippen molar-refractivity contribution in [2.45, 2.75) is 26.7 Å². The average molecular weight is 895 g/mol. The number of rotatable bonds is 11. The number of hydrogen-bond donors (Lipinski definition) is 3. The Bertz CT molecular complexity index is 1390. The Morgan fingerprint density at radius 3 is 0.920 bits per heavy atom. The summed E-state index contributed by atoms with van der Waals surface area (Å²) in [5, 5.41) is 101. The monoisotopic (exact) mass is 894 g/mol. The van der Waals surface area contributed by atoms with Crippen LogP contribution < -0.4 is 15.5 Å². The van der Waals surface area contributed by atoms with Crippen LogP contribution in [0, 0.1) is 71.5 Å². The first-order chi connectivity index (χ1) is 22.5. The zero-order chi connectivity index (χ0) is 38.8. The van der Waals surface area contributed by atoms with E-state index in [1.54, 1.807) is 0 Å². The minimum Gasteiger partial charge on any atom is -0.863 e. The van der Waals surface area contributed by atoms with Gasteiger partial charge in [0.2, 0.25) is 0 Å². The predicted molar refractivity (Wildman–Crippen MR) is 168 cm³/mol. The molecule has 2 rings (SSSR count). The van der Waals surface area contributed by atoms with Gasteiger partial charge in [-0.25, -0.2) is 0 Å². The number of amidine groups is 2. The van der Waals surface area contributed by atoms with Crippen LogP contribution >= 0.6 is 0 Å². The quantitative estimate of drug-likeness (QED) is 0.126. The SMILES string of the molecule is CCC(=N)NC(=N)CC.CN(C)CCN(C)C.O=[N+]([O-])c1cc([N+](=O)[O-])c([O-])c([N+](=O)[O-])c1.O=[N+]([O-])c1cc([N+](=O)[O-])c([O-])c([N+](=O)[O-])c1.[Pt+4]. The Hall–Kier alpha value is -5.81. The zero-order valence-electron chi connectivity index (χ0n) is 27.2. The Labute approximate surface area is 296 Å². The standard InChI is InChI=1S/2C6H3N3O7.C6H13N3.C6H16N2.Pt/c2*10-6-4(8(13)14)1-3(7(11)12)2-5(6)9(15)16;1-3-5(7)9-6(8)4-2;1-7(2)5-6-8(3)4;/h2*1-2,10H;3-4H2,1-2H3,(H3,7,8,9);5-6H2,1-4H3;/q;;;;+4/p-2. The molecule has 0 spiro atoms. The van der Waals surface area contributed by atoms with Gasteiger partial charge in [0.15, 0.2) is 0 Å². The first-order valence-corrected chi connectivity index (χ1v) is 13.3. The van der Waals surface area contributed by atoms with Gasteiger partial charge in [0.25, 0.3) is 34.1 Å². The largest absolute Gasteiger partial charge is 4.00 e. The van der Waals surface area contributed by atoms with Gasteiger partial charge in [-0.3, -0.25) is 71.5 Å². The van der Waals surface area contributed by atoms with Crippen LogP contribution in [0.15, 0.2) is 24.3 Å². The third kappa shape index (κ3) is 17.9. The van der Waals surface area contributed by atoms with Crippen LogP contribution in [-0.2, 0) is 21.1 Å². The maximum absolute atomic E-state index is 11.1. The molecule has 0 bridgehead atoms. The molecule has 0 aliphatic heterocycles. The van der Waals surface area contributed by atoms with Gasteiger partial charge in [0.05, 0.1) is 77.0 Å². The molecule has 276 valence electrons. The normalized spacial score (nSPS) is 9.60. The van der Waals surface area contributed by atoms with Crippen molar-refractivity contribution < 1.29 is 60.8 Å². The van der Waals surface area contributed by atoms with Crippen molar-refractivity contribution in [2.24, 2.45) is 0 Å². The second-order valence-corrected chi connectivity index (χ2v) is 9.56. The number of nitrogens with one attached hydrogen (secondary N) is 3. The summed E-state index contributed by atoms with van der Waals surface area (Å²) in [5.41, 5.74) is -6.53. The molecule has 0 unspecified atom stereocenters. The minimum atomic E-state index is -1.46. The van der Waals surface area contributed by atoms with Gasteiger partial charge >= 0.3 is 21.1 Å². The zero-order valence-corrected chi connectivity index (χ0v) is 29.5. The van der Waals surface area contributed by atoms with Crippen LogP contribution in [0.3, 0.4) is 0 Å². The number of benzene rings is 2. The molecular formula is C24H33N11O14Pt+2. The molecule has 3 N–H and O–H groups in total. The van der Waals surface area contributed by atoms with E-state index in [2.05, 4.69) is 43.3 Å². The Balaban J connectivity index is -0.000000612. The first-order valence-electron chi connectivity index (χ1n) is 13.3. The average Bonchev–Trinajstić information content (AvgIpc) is 3.00. The molecule has 0 fully saturated rings. The fourth-order valence-electron chi connectivity index (χ4n) is 2.68. The molecule has 0 atom stereocenters. The van der Waals surface area contributed by atoms with Crippen molar-refractivity contribution in [2.75, 3.05) is 41.3 Å². The van der Waals surface area contributed by atoms with E-state index in [-0.39, 0.29) is 21.1 Å². The van der Waals surface area contributed by atoms with E-state index in [1.807, 2.05) is 13.8 Å². The second-order valence-electron chi connectivity index (χ2n) is 9.56. The summed E-state index contributed by atoms with van der Waals surface area (Å²) in [5.74, 6) is -2.08. The molecule has 0 aromatic heterocycles. The van der Waals surface area contributed by atoms with Crippen LogP contribution in [0.25, 0.3) is 0 Å². The van der Waals surface area contributed by atoms with Gasteiger partial charge in [0, 0.05) is 25.9 Å². The maximum atomic E-state index is 11.1.